The number of hydrogen-bond acceptors (Lipinski definition) is 8. The second-order valence-corrected chi connectivity index (χ2v) is 9.34. The molecule has 0 saturated heterocycles. The number of likely N-dealkylation sites (N-methyl/N-ethyl adjacent to an activating group) is 1. The van der Waals surface area contributed by atoms with Crippen LogP contribution < -0.4 is 0 Å². The molecular formula is C27H47NO8. The van der Waals surface area contributed by atoms with Crippen molar-refractivity contribution in [3.05, 3.63) is 11.8 Å². The minimum atomic E-state index is -1.16. The van der Waals surface area contributed by atoms with Crippen LogP contribution in [0.25, 0.3) is 0 Å². The monoisotopic (exact) mass is 513 g/mol. The smallest absolute Gasteiger partial charge is 0.413 e. The molecular weight excluding hydrogens is 466 g/mol. The van der Waals surface area contributed by atoms with Gasteiger partial charge in [-0.15, -0.1) is 0 Å². The van der Waals surface area contributed by atoms with Gasteiger partial charge in [-0.25, -0.2) is 9.59 Å². The average molecular weight is 514 g/mol. The molecule has 1 heterocycles. The molecule has 0 aromatic carbocycles. The predicted octanol–water partition coefficient (Wildman–Crippen LogP) is 5.24. The summed E-state index contributed by atoms with van der Waals surface area (Å²) in [4.78, 5) is 36.9. The van der Waals surface area contributed by atoms with Gasteiger partial charge in [0.2, 0.25) is 6.29 Å². The maximum atomic E-state index is 12.4. The van der Waals surface area contributed by atoms with Gasteiger partial charge >= 0.3 is 18.0 Å². The summed E-state index contributed by atoms with van der Waals surface area (Å²) in [7, 11) is 1.38. The number of esters is 2. The number of nitrogens with zero attached hydrogens (tertiary/aromatic N) is 1. The van der Waals surface area contributed by atoms with Gasteiger partial charge in [-0.2, -0.15) is 0 Å². The van der Waals surface area contributed by atoms with E-state index in [2.05, 4.69) is 6.92 Å². The molecule has 1 aliphatic heterocycles. The van der Waals surface area contributed by atoms with Crippen LogP contribution in [0.15, 0.2) is 11.8 Å². The molecule has 0 radical (unpaired) electrons. The number of carbonyl (C=O) groups excluding carboxylic acids is 3. The van der Waals surface area contributed by atoms with Gasteiger partial charge in [-0.3, -0.25) is 4.79 Å². The summed E-state index contributed by atoms with van der Waals surface area (Å²) in [6, 6.07) is 0. The van der Waals surface area contributed by atoms with Crippen molar-refractivity contribution in [1.82, 2.24) is 4.90 Å². The van der Waals surface area contributed by atoms with Crippen molar-refractivity contribution in [3.8, 4) is 0 Å². The number of aliphatic hydroxyl groups excluding tert-OH is 1. The SMILES string of the molecule is CCCCCCCCCCCCCC(O)C1=CCC(C(=O)OC(C)OC(=O)N(C)CC(=O)OCC)O1. The molecule has 1 amide bonds. The summed E-state index contributed by atoms with van der Waals surface area (Å²) in [5, 5.41) is 10.4. The van der Waals surface area contributed by atoms with Crippen LogP contribution in [0.4, 0.5) is 4.79 Å². The lowest BCUT2D eigenvalue weighted by Crippen LogP contribution is -2.37. The average Bonchev–Trinajstić information content (AvgIpc) is 3.33. The molecule has 3 unspecified atom stereocenters. The first-order valence-electron chi connectivity index (χ1n) is 13.6. The quantitative estimate of drug-likeness (QED) is 0.142. The molecule has 0 saturated carbocycles. The number of amides is 1. The first-order chi connectivity index (χ1) is 17.3. The van der Waals surface area contributed by atoms with E-state index in [1.54, 1.807) is 13.0 Å². The van der Waals surface area contributed by atoms with E-state index < -0.39 is 36.5 Å². The Kier molecular flexibility index (Phi) is 16.7. The van der Waals surface area contributed by atoms with Crippen molar-refractivity contribution in [1.29, 1.82) is 0 Å². The van der Waals surface area contributed by atoms with Crippen LogP contribution >= 0.6 is 0 Å². The number of aliphatic hydroxyl groups is 1. The molecule has 0 aromatic rings. The largest absolute Gasteiger partial charge is 0.480 e. The van der Waals surface area contributed by atoms with E-state index in [1.807, 2.05) is 0 Å². The lowest BCUT2D eigenvalue weighted by atomic mass is 10.0. The first kappa shape index (κ1) is 31.7. The Morgan fingerprint density at radius 2 is 1.58 bits per heavy atom. The van der Waals surface area contributed by atoms with Gasteiger partial charge in [0.25, 0.3) is 0 Å². The second kappa shape index (κ2) is 18.9. The Hall–Kier alpha value is -2.29. The summed E-state index contributed by atoms with van der Waals surface area (Å²) >= 11 is 0. The fourth-order valence-corrected chi connectivity index (χ4v) is 3.95. The third kappa shape index (κ3) is 13.7. The maximum Gasteiger partial charge on any atom is 0.413 e. The molecule has 0 aromatic heterocycles. The molecule has 0 fully saturated rings. The number of rotatable bonds is 19. The van der Waals surface area contributed by atoms with Crippen molar-refractivity contribution in [2.45, 2.75) is 123 Å². The zero-order valence-electron chi connectivity index (χ0n) is 22.7. The van der Waals surface area contributed by atoms with Crippen molar-refractivity contribution >= 4 is 18.0 Å². The van der Waals surface area contributed by atoms with Crippen LogP contribution in [0.5, 0.6) is 0 Å². The molecule has 3 atom stereocenters. The van der Waals surface area contributed by atoms with E-state index in [0.29, 0.717) is 12.2 Å². The highest BCUT2D eigenvalue weighted by atomic mass is 16.7. The van der Waals surface area contributed by atoms with E-state index >= 15 is 0 Å². The van der Waals surface area contributed by atoms with Gasteiger partial charge in [0.1, 0.15) is 18.4 Å². The highest BCUT2D eigenvalue weighted by molar-refractivity contribution is 5.78. The fraction of sp³-hybridized carbons (Fsp3) is 0.815. The lowest BCUT2D eigenvalue weighted by molar-refractivity contribution is -0.176. The normalized spacial score (nSPS) is 16.5. The Bertz CT molecular complexity index is 681. The summed E-state index contributed by atoms with van der Waals surface area (Å²) in [6.45, 7) is 5.24. The van der Waals surface area contributed by atoms with Gasteiger partial charge in [0, 0.05) is 20.4 Å². The summed E-state index contributed by atoms with van der Waals surface area (Å²) < 4.78 is 20.5. The van der Waals surface area contributed by atoms with Crippen molar-refractivity contribution in [2.75, 3.05) is 20.2 Å². The molecule has 9 heteroatoms. The third-order valence-corrected chi connectivity index (χ3v) is 6.02. The molecule has 1 rings (SSSR count). The number of unbranched alkanes of at least 4 members (excludes halogenated alkanes) is 10. The van der Waals surface area contributed by atoms with Crippen LogP contribution in [0.2, 0.25) is 0 Å². The number of hydrogen-bond donors (Lipinski definition) is 1. The van der Waals surface area contributed by atoms with E-state index in [-0.39, 0.29) is 19.6 Å². The molecule has 208 valence electrons. The molecule has 1 aliphatic rings. The standard InChI is InChI=1S/C27H47NO8/c1-5-7-8-9-10-11-12-13-14-15-16-17-22(29)23-18-19-24(36-23)26(31)34-21(3)35-27(32)28(4)20-25(30)33-6-2/h18,21-22,24,29H,5-17,19-20H2,1-4H3. The summed E-state index contributed by atoms with van der Waals surface area (Å²) in [6.07, 6.45) is 12.6. The van der Waals surface area contributed by atoms with Crippen molar-refractivity contribution in [3.63, 3.8) is 0 Å². The Morgan fingerprint density at radius 3 is 2.17 bits per heavy atom. The zero-order chi connectivity index (χ0) is 26.8. The van der Waals surface area contributed by atoms with Crippen molar-refractivity contribution < 1.29 is 38.4 Å². The van der Waals surface area contributed by atoms with Gasteiger partial charge in [-0.1, -0.05) is 77.6 Å². The Labute approximate surface area is 216 Å². The van der Waals surface area contributed by atoms with E-state index in [9.17, 15) is 19.5 Å². The lowest BCUT2D eigenvalue weighted by Gasteiger charge is -2.21. The van der Waals surface area contributed by atoms with E-state index in [0.717, 1.165) is 17.7 Å². The minimum absolute atomic E-state index is 0.209. The highest BCUT2D eigenvalue weighted by Crippen LogP contribution is 2.24. The van der Waals surface area contributed by atoms with Gasteiger partial charge in [-0.05, 0) is 19.4 Å². The molecule has 0 aliphatic carbocycles. The van der Waals surface area contributed by atoms with E-state index in [1.165, 1.54) is 71.8 Å². The summed E-state index contributed by atoms with van der Waals surface area (Å²) in [5.41, 5.74) is 0. The molecule has 0 spiro atoms. The van der Waals surface area contributed by atoms with Gasteiger partial charge in [0.15, 0.2) is 6.10 Å². The molecule has 36 heavy (non-hydrogen) atoms. The zero-order valence-corrected chi connectivity index (χ0v) is 22.7. The van der Waals surface area contributed by atoms with Crippen LogP contribution in [0, 0.1) is 0 Å². The topological polar surface area (TPSA) is 112 Å². The van der Waals surface area contributed by atoms with Crippen LogP contribution in [-0.4, -0.2) is 66.7 Å². The summed E-state index contributed by atoms with van der Waals surface area (Å²) in [5.74, 6) is -0.856. The minimum Gasteiger partial charge on any atom is -0.480 e. The third-order valence-electron chi connectivity index (χ3n) is 6.02. The van der Waals surface area contributed by atoms with Gasteiger partial charge < -0.3 is 29.0 Å². The van der Waals surface area contributed by atoms with Gasteiger partial charge in [0.05, 0.1) is 6.61 Å². The fourth-order valence-electron chi connectivity index (χ4n) is 3.95. The van der Waals surface area contributed by atoms with Crippen molar-refractivity contribution in [2.24, 2.45) is 0 Å². The number of ether oxygens (including phenoxy) is 4. The van der Waals surface area contributed by atoms with Crippen LogP contribution in [0.3, 0.4) is 0 Å². The first-order valence-corrected chi connectivity index (χ1v) is 13.6. The molecule has 1 N–H and O–H groups in total. The van der Waals surface area contributed by atoms with Crippen LogP contribution in [0.1, 0.15) is 104 Å². The Morgan fingerprint density at radius 1 is 1.00 bits per heavy atom. The molecule has 9 nitrogen and oxygen atoms in total. The molecule has 0 bridgehead atoms. The highest BCUT2D eigenvalue weighted by Gasteiger charge is 2.31. The Balaban J connectivity index is 2.17. The van der Waals surface area contributed by atoms with Crippen LogP contribution in [-0.2, 0) is 28.5 Å². The maximum absolute atomic E-state index is 12.4. The van der Waals surface area contributed by atoms with E-state index in [4.69, 9.17) is 18.9 Å². The number of carbonyl (C=O) groups is 3. The second-order valence-electron chi connectivity index (χ2n) is 9.34. The predicted molar refractivity (Wildman–Crippen MR) is 136 cm³/mol.